The van der Waals surface area contributed by atoms with E-state index < -0.39 is 5.60 Å². The van der Waals surface area contributed by atoms with Crippen molar-refractivity contribution in [3.63, 3.8) is 0 Å². The molecule has 1 aliphatic rings. The molecule has 8 nitrogen and oxygen atoms in total. The maximum absolute atomic E-state index is 13.4. The number of aromatic nitrogens is 3. The van der Waals surface area contributed by atoms with Crippen molar-refractivity contribution >= 4 is 11.7 Å². The second kappa shape index (κ2) is 10.7. The van der Waals surface area contributed by atoms with E-state index in [4.69, 9.17) is 14.2 Å². The number of nitrogens with zero attached hydrogens (tertiary/aromatic N) is 4. The molecule has 2 aromatic heterocycles. The van der Waals surface area contributed by atoms with Gasteiger partial charge in [-0.3, -0.25) is 0 Å². The molecule has 1 amide bonds. The van der Waals surface area contributed by atoms with Gasteiger partial charge < -0.3 is 19.1 Å². The lowest BCUT2D eigenvalue weighted by atomic mass is 10.1. The van der Waals surface area contributed by atoms with Crippen LogP contribution in [0.3, 0.4) is 0 Å². The average molecular weight is 519 g/mol. The lowest BCUT2D eigenvalue weighted by molar-refractivity contribution is 0.0187. The molecule has 4 aromatic rings. The molecule has 38 heavy (non-hydrogen) atoms. The minimum Gasteiger partial charge on any atom is -0.491 e. The zero-order chi connectivity index (χ0) is 26.7. The Labute approximate surface area is 221 Å². The Balaban J connectivity index is 1.23. The van der Waals surface area contributed by atoms with Crippen molar-refractivity contribution in [1.29, 1.82) is 0 Å². The third-order valence-electron chi connectivity index (χ3n) is 6.21. The van der Waals surface area contributed by atoms with E-state index in [1.165, 1.54) is 12.1 Å². The summed E-state index contributed by atoms with van der Waals surface area (Å²) in [6.45, 7) is 6.90. The second-order valence-corrected chi connectivity index (χ2v) is 10.3. The van der Waals surface area contributed by atoms with Crippen molar-refractivity contribution in [2.75, 3.05) is 13.2 Å². The predicted molar refractivity (Wildman–Crippen MR) is 141 cm³/mol. The van der Waals surface area contributed by atoms with Crippen LogP contribution >= 0.6 is 0 Å². The minimum absolute atomic E-state index is 0.0155. The minimum atomic E-state index is -0.526. The number of rotatable bonds is 7. The van der Waals surface area contributed by atoms with Crippen LogP contribution in [0.15, 0.2) is 66.9 Å². The van der Waals surface area contributed by atoms with Gasteiger partial charge in [0.25, 0.3) is 0 Å². The Hall–Kier alpha value is -4.14. The van der Waals surface area contributed by atoms with Gasteiger partial charge in [-0.25, -0.2) is 18.7 Å². The molecule has 9 heteroatoms. The van der Waals surface area contributed by atoms with Crippen molar-refractivity contribution in [3.05, 3.63) is 78.2 Å². The van der Waals surface area contributed by atoms with E-state index in [0.29, 0.717) is 30.4 Å². The van der Waals surface area contributed by atoms with E-state index in [0.717, 1.165) is 29.7 Å². The van der Waals surface area contributed by atoms with Gasteiger partial charge in [0.15, 0.2) is 5.65 Å². The zero-order valence-electron chi connectivity index (χ0n) is 21.8. The van der Waals surface area contributed by atoms with Crippen LogP contribution in [0.2, 0.25) is 0 Å². The number of likely N-dealkylation sites (tertiary alicyclic amines) is 1. The van der Waals surface area contributed by atoms with E-state index in [1.807, 2.05) is 51.1 Å². The van der Waals surface area contributed by atoms with Crippen LogP contribution in [0.1, 0.15) is 39.2 Å². The lowest BCUT2D eigenvalue weighted by Crippen LogP contribution is -2.42. The monoisotopic (exact) mass is 518 g/mol. The van der Waals surface area contributed by atoms with Gasteiger partial charge in [0, 0.05) is 18.2 Å². The lowest BCUT2D eigenvalue weighted by Gasteiger charge is -2.28. The fourth-order valence-electron chi connectivity index (χ4n) is 4.40. The largest absolute Gasteiger partial charge is 0.491 e. The number of halogens is 1. The maximum Gasteiger partial charge on any atom is 0.410 e. The highest BCUT2D eigenvalue weighted by Gasteiger charge is 2.32. The van der Waals surface area contributed by atoms with Crippen LogP contribution in [0.4, 0.5) is 9.18 Å². The molecule has 0 unspecified atom stereocenters. The van der Waals surface area contributed by atoms with Crippen molar-refractivity contribution in [2.45, 2.75) is 51.9 Å². The van der Waals surface area contributed by atoms with Crippen molar-refractivity contribution in [2.24, 2.45) is 0 Å². The molecule has 0 aliphatic carbocycles. The Morgan fingerprint density at radius 1 is 1.08 bits per heavy atom. The third kappa shape index (κ3) is 6.04. The van der Waals surface area contributed by atoms with Crippen LogP contribution in [-0.2, 0) is 11.3 Å². The summed E-state index contributed by atoms with van der Waals surface area (Å²) in [5.41, 5.74) is 2.59. The molecule has 198 valence electrons. The van der Waals surface area contributed by atoms with Gasteiger partial charge in [-0.1, -0.05) is 12.1 Å². The second-order valence-electron chi connectivity index (χ2n) is 10.3. The van der Waals surface area contributed by atoms with Crippen LogP contribution < -0.4 is 9.47 Å². The highest BCUT2D eigenvalue weighted by Crippen LogP contribution is 2.26. The summed E-state index contributed by atoms with van der Waals surface area (Å²) in [6, 6.07) is 17.5. The quantitative estimate of drug-likeness (QED) is 0.304. The summed E-state index contributed by atoms with van der Waals surface area (Å²) < 4.78 is 32.5. The summed E-state index contributed by atoms with van der Waals surface area (Å²) >= 11 is 0. The first-order valence-electron chi connectivity index (χ1n) is 12.7. The molecule has 3 heterocycles. The maximum atomic E-state index is 13.4. The number of carbonyl (C=O) groups excluding carboxylic acids is 1. The molecule has 5 rings (SSSR count). The van der Waals surface area contributed by atoms with Gasteiger partial charge in [0.2, 0.25) is 5.88 Å². The zero-order valence-corrected chi connectivity index (χ0v) is 21.8. The van der Waals surface area contributed by atoms with Gasteiger partial charge in [0.1, 0.15) is 30.4 Å². The molecule has 1 saturated heterocycles. The smallest absolute Gasteiger partial charge is 0.410 e. The predicted octanol–water partition coefficient (Wildman–Crippen LogP) is 5.89. The summed E-state index contributed by atoms with van der Waals surface area (Å²) in [6.07, 6.45) is 3.28. The SMILES string of the molecule is CC(C)(C)OC(=O)N1CCC[C@@H]1COc1ccc(-c2cnc3ccc(OCc4cccc(F)c4)nn23)cc1. The van der Waals surface area contributed by atoms with Crippen molar-refractivity contribution in [3.8, 4) is 22.9 Å². The van der Waals surface area contributed by atoms with Gasteiger partial charge in [-0.2, -0.15) is 0 Å². The van der Waals surface area contributed by atoms with Gasteiger partial charge in [0.05, 0.1) is 17.9 Å². The molecule has 2 aromatic carbocycles. The Morgan fingerprint density at radius 2 is 1.89 bits per heavy atom. The van der Waals surface area contributed by atoms with Gasteiger partial charge in [-0.15, -0.1) is 5.10 Å². The van der Waals surface area contributed by atoms with Crippen LogP contribution in [-0.4, -0.2) is 50.4 Å². The summed E-state index contributed by atoms with van der Waals surface area (Å²) in [7, 11) is 0. The summed E-state index contributed by atoms with van der Waals surface area (Å²) in [5.74, 6) is 0.820. The number of hydrogen-bond acceptors (Lipinski definition) is 6. The van der Waals surface area contributed by atoms with E-state index in [1.54, 1.807) is 33.8 Å². The number of amides is 1. The topological polar surface area (TPSA) is 78.2 Å². The molecule has 0 radical (unpaired) electrons. The number of hydrogen-bond donors (Lipinski definition) is 0. The highest BCUT2D eigenvalue weighted by atomic mass is 19.1. The number of fused-ring (bicyclic) bond motifs is 1. The first-order valence-corrected chi connectivity index (χ1v) is 12.7. The Bertz CT molecular complexity index is 1410. The third-order valence-corrected chi connectivity index (χ3v) is 6.21. The molecule has 0 bridgehead atoms. The normalized spacial score (nSPS) is 15.6. The number of ether oxygens (including phenoxy) is 3. The standard InChI is InChI=1S/C29H31FN4O4/c1-29(2,3)38-28(35)33-15-5-8-23(33)19-36-24-11-9-21(10-12-24)25-17-31-26-13-14-27(32-34(25)26)37-18-20-6-4-7-22(30)16-20/h4,6-7,9-14,16-17,23H,5,8,15,18-19H2,1-3H3/t23-/m1/s1. The molecule has 1 fully saturated rings. The molecular weight excluding hydrogens is 487 g/mol. The molecular formula is C29H31FN4O4. The number of carbonyl (C=O) groups is 1. The van der Waals surface area contributed by atoms with Gasteiger partial charge >= 0.3 is 6.09 Å². The number of benzene rings is 2. The first kappa shape index (κ1) is 25.5. The van der Waals surface area contributed by atoms with Crippen LogP contribution in [0.25, 0.3) is 16.9 Å². The van der Waals surface area contributed by atoms with E-state index in [9.17, 15) is 9.18 Å². The molecule has 1 atom stereocenters. The number of imidazole rings is 1. The van der Waals surface area contributed by atoms with Crippen molar-refractivity contribution in [1.82, 2.24) is 19.5 Å². The van der Waals surface area contributed by atoms with E-state index in [2.05, 4.69) is 10.1 Å². The Kier molecular flexibility index (Phi) is 7.18. The van der Waals surface area contributed by atoms with Crippen LogP contribution in [0, 0.1) is 5.82 Å². The molecule has 1 aliphatic heterocycles. The van der Waals surface area contributed by atoms with Crippen molar-refractivity contribution < 1.29 is 23.4 Å². The fraction of sp³-hybridized carbons (Fsp3) is 0.345. The molecule has 0 spiro atoms. The average Bonchev–Trinajstić information content (AvgIpc) is 3.53. The van der Waals surface area contributed by atoms with E-state index in [-0.39, 0.29) is 24.6 Å². The van der Waals surface area contributed by atoms with Crippen LogP contribution in [0.5, 0.6) is 11.6 Å². The molecule has 0 saturated carbocycles. The Morgan fingerprint density at radius 3 is 2.66 bits per heavy atom. The first-order chi connectivity index (χ1) is 18.2. The highest BCUT2D eigenvalue weighted by molar-refractivity contribution is 5.69. The van der Waals surface area contributed by atoms with Gasteiger partial charge in [-0.05, 0) is 81.6 Å². The fourth-order valence-corrected chi connectivity index (χ4v) is 4.40. The summed E-state index contributed by atoms with van der Waals surface area (Å²) in [4.78, 5) is 18.7. The molecule has 0 N–H and O–H groups in total. The summed E-state index contributed by atoms with van der Waals surface area (Å²) in [5, 5.41) is 4.57. The van der Waals surface area contributed by atoms with E-state index >= 15 is 0 Å².